The first kappa shape index (κ1) is 16.7. The van der Waals surface area contributed by atoms with Crippen LogP contribution < -0.4 is 5.73 Å². The van der Waals surface area contributed by atoms with E-state index < -0.39 is 0 Å². The van der Waals surface area contributed by atoms with E-state index in [9.17, 15) is 5.26 Å². The number of hydrogen-bond donors (Lipinski definition) is 1. The van der Waals surface area contributed by atoms with Gasteiger partial charge in [0, 0.05) is 25.9 Å². The Balaban J connectivity index is 2.09. The van der Waals surface area contributed by atoms with Crippen molar-refractivity contribution in [1.82, 2.24) is 4.98 Å². The molecule has 0 spiro atoms. The average molecular weight is 398 g/mol. The average Bonchev–Trinajstić information content (AvgIpc) is 3.01. The predicted molar refractivity (Wildman–Crippen MR) is 104 cm³/mol. The monoisotopic (exact) mass is 397 g/mol. The number of benzene rings is 1. The van der Waals surface area contributed by atoms with Gasteiger partial charge < -0.3 is 5.73 Å². The SMILES string of the molecule is CCCc1ccc(-c2cc(-c3cc(Br)cs3)c(C#N)c(N)n2)cc1. The lowest BCUT2D eigenvalue weighted by Crippen LogP contribution is -1.99. The maximum absolute atomic E-state index is 9.45. The van der Waals surface area contributed by atoms with Gasteiger partial charge in [0.05, 0.1) is 5.69 Å². The van der Waals surface area contributed by atoms with E-state index in [0.29, 0.717) is 5.56 Å². The van der Waals surface area contributed by atoms with Crippen molar-refractivity contribution in [3.63, 3.8) is 0 Å². The molecule has 0 amide bonds. The highest BCUT2D eigenvalue weighted by Gasteiger charge is 2.14. The molecule has 0 saturated heterocycles. The van der Waals surface area contributed by atoms with E-state index in [4.69, 9.17) is 5.73 Å². The number of nitrogens with zero attached hydrogens (tertiary/aromatic N) is 2. The summed E-state index contributed by atoms with van der Waals surface area (Å²) in [5.74, 6) is 0.271. The lowest BCUT2D eigenvalue weighted by atomic mass is 10.0. The normalized spacial score (nSPS) is 10.5. The number of halogens is 1. The Morgan fingerprint density at radius 1 is 1.25 bits per heavy atom. The molecule has 2 heterocycles. The van der Waals surface area contributed by atoms with Crippen LogP contribution in [-0.4, -0.2) is 4.98 Å². The Bertz CT molecular complexity index is 907. The molecule has 3 nitrogen and oxygen atoms in total. The van der Waals surface area contributed by atoms with Crippen LogP contribution in [-0.2, 0) is 6.42 Å². The maximum atomic E-state index is 9.45. The Morgan fingerprint density at radius 3 is 2.58 bits per heavy atom. The highest BCUT2D eigenvalue weighted by atomic mass is 79.9. The van der Waals surface area contributed by atoms with E-state index in [1.165, 1.54) is 5.56 Å². The van der Waals surface area contributed by atoms with Gasteiger partial charge in [0.1, 0.15) is 17.5 Å². The second-order valence-electron chi connectivity index (χ2n) is 5.50. The van der Waals surface area contributed by atoms with E-state index in [1.807, 2.05) is 17.5 Å². The maximum Gasteiger partial charge on any atom is 0.142 e. The Morgan fingerprint density at radius 2 is 2.00 bits per heavy atom. The lowest BCUT2D eigenvalue weighted by molar-refractivity contribution is 0.922. The van der Waals surface area contributed by atoms with Crippen molar-refractivity contribution >= 4 is 33.1 Å². The van der Waals surface area contributed by atoms with E-state index in [-0.39, 0.29) is 5.82 Å². The van der Waals surface area contributed by atoms with Crippen molar-refractivity contribution in [2.75, 3.05) is 5.73 Å². The zero-order chi connectivity index (χ0) is 17.1. The molecule has 3 rings (SSSR count). The van der Waals surface area contributed by atoms with Crippen molar-refractivity contribution in [2.24, 2.45) is 0 Å². The molecule has 0 aliphatic rings. The van der Waals surface area contributed by atoms with E-state index in [0.717, 1.165) is 39.0 Å². The van der Waals surface area contributed by atoms with E-state index >= 15 is 0 Å². The summed E-state index contributed by atoms with van der Waals surface area (Å²) in [5, 5.41) is 11.4. The van der Waals surface area contributed by atoms with Crippen LogP contribution in [0.4, 0.5) is 5.82 Å². The van der Waals surface area contributed by atoms with Gasteiger partial charge in [0.25, 0.3) is 0 Å². The minimum absolute atomic E-state index is 0.271. The fourth-order valence-electron chi connectivity index (χ4n) is 2.61. The summed E-state index contributed by atoms with van der Waals surface area (Å²) in [7, 11) is 0. The summed E-state index contributed by atoms with van der Waals surface area (Å²) in [5.41, 5.74) is 10.4. The summed E-state index contributed by atoms with van der Waals surface area (Å²) >= 11 is 5.03. The molecule has 0 fully saturated rings. The zero-order valence-corrected chi connectivity index (χ0v) is 15.6. The van der Waals surface area contributed by atoms with Gasteiger partial charge in [0.2, 0.25) is 0 Å². The number of nitrogen functional groups attached to an aromatic ring is 1. The number of aromatic nitrogens is 1. The predicted octanol–water partition coefficient (Wildman–Crippen LogP) is 5.65. The van der Waals surface area contributed by atoms with Gasteiger partial charge in [-0.1, -0.05) is 37.6 Å². The summed E-state index contributed by atoms with van der Waals surface area (Å²) in [6.07, 6.45) is 2.19. The van der Waals surface area contributed by atoms with Gasteiger partial charge in [-0.05, 0) is 40.0 Å². The molecule has 1 aromatic carbocycles. The number of thiophene rings is 1. The molecule has 5 heteroatoms. The summed E-state index contributed by atoms with van der Waals surface area (Å²) < 4.78 is 0.993. The molecule has 0 aliphatic heterocycles. The number of hydrogen-bond acceptors (Lipinski definition) is 4. The Kier molecular flexibility index (Phi) is 4.98. The quantitative estimate of drug-likeness (QED) is 0.618. The fraction of sp³-hybridized carbons (Fsp3) is 0.158. The molecule has 0 aliphatic carbocycles. The van der Waals surface area contributed by atoms with E-state index in [1.54, 1.807) is 11.3 Å². The number of anilines is 1. The molecule has 0 saturated carbocycles. The van der Waals surface area contributed by atoms with Gasteiger partial charge in [-0.3, -0.25) is 0 Å². The van der Waals surface area contributed by atoms with Crippen molar-refractivity contribution in [3.8, 4) is 27.8 Å². The third-order valence-electron chi connectivity index (χ3n) is 3.78. The lowest BCUT2D eigenvalue weighted by Gasteiger charge is -2.09. The van der Waals surface area contributed by atoms with Gasteiger partial charge >= 0.3 is 0 Å². The topological polar surface area (TPSA) is 62.7 Å². The van der Waals surface area contributed by atoms with Crippen LogP contribution in [0, 0.1) is 11.3 Å². The molecule has 2 aromatic heterocycles. The Labute approximate surface area is 153 Å². The second kappa shape index (κ2) is 7.16. The number of nitriles is 1. The van der Waals surface area contributed by atoms with Crippen LogP contribution in [0.25, 0.3) is 21.7 Å². The first-order valence-corrected chi connectivity index (χ1v) is 9.34. The molecular formula is C19H16BrN3S. The van der Waals surface area contributed by atoms with Gasteiger partial charge in [-0.2, -0.15) is 5.26 Å². The van der Waals surface area contributed by atoms with Crippen LogP contribution in [0.5, 0.6) is 0 Å². The number of nitrogens with two attached hydrogens (primary N) is 1. The van der Waals surface area contributed by atoms with Crippen LogP contribution in [0.1, 0.15) is 24.5 Å². The summed E-state index contributed by atoms with van der Waals surface area (Å²) in [6, 6.07) is 14.5. The summed E-state index contributed by atoms with van der Waals surface area (Å²) in [6.45, 7) is 2.17. The molecular weight excluding hydrogens is 382 g/mol. The van der Waals surface area contributed by atoms with Crippen molar-refractivity contribution in [1.29, 1.82) is 5.26 Å². The Hall–Kier alpha value is -2.16. The van der Waals surface area contributed by atoms with Crippen LogP contribution in [0.3, 0.4) is 0 Å². The third-order valence-corrected chi connectivity index (χ3v) is 5.50. The highest BCUT2D eigenvalue weighted by Crippen LogP contribution is 2.36. The third kappa shape index (κ3) is 3.35. The minimum atomic E-state index is 0.271. The van der Waals surface area contributed by atoms with Crippen LogP contribution >= 0.6 is 27.3 Å². The van der Waals surface area contributed by atoms with Crippen LogP contribution in [0.15, 0.2) is 46.3 Å². The van der Waals surface area contributed by atoms with Gasteiger partial charge in [-0.25, -0.2) is 4.98 Å². The molecule has 2 N–H and O–H groups in total. The summed E-state index contributed by atoms with van der Waals surface area (Å²) in [4.78, 5) is 5.43. The van der Waals surface area contributed by atoms with Gasteiger partial charge in [0.15, 0.2) is 0 Å². The molecule has 0 atom stereocenters. The first-order chi connectivity index (χ1) is 11.6. The van der Waals surface area contributed by atoms with E-state index in [2.05, 4.69) is 58.2 Å². The fourth-order valence-corrected chi connectivity index (χ4v) is 4.06. The van der Waals surface area contributed by atoms with Gasteiger partial charge in [-0.15, -0.1) is 11.3 Å². The second-order valence-corrected chi connectivity index (χ2v) is 7.33. The number of pyridine rings is 1. The zero-order valence-electron chi connectivity index (χ0n) is 13.2. The smallest absolute Gasteiger partial charge is 0.142 e. The van der Waals surface area contributed by atoms with Crippen molar-refractivity contribution in [2.45, 2.75) is 19.8 Å². The van der Waals surface area contributed by atoms with Crippen molar-refractivity contribution in [3.05, 3.63) is 57.4 Å². The number of rotatable bonds is 4. The molecule has 3 aromatic rings. The number of aryl methyl sites for hydroxylation is 1. The standard InChI is InChI=1S/C19H16BrN3S/c1-2-3-12-4-6-13(7-5-12)17-9-15(16(10-21)19(22)23-17)18-8-14(20)11-24-18/h4-9,11H,2-3H2,1H3,(H2,22,23). The molecule has 24 heavy (non-hydrogen) atoms. The molecule has 0 radical (unpaired) electrons. The highest BCUT2D eigenvalue weighted by molar-refractivity contribution is 9.10. The molecule has 0 bridgehead atoms. The van der Waals surface area contributed by atoms with Crippen molar-refractivity contribution < 1.29 is 0 Å². The minimum Gasteiger partial charge on any atom is -0.383 e. The molecule has 120 valence electrons. The molecule has 0 unspecified atom stereocenters. The first-order valence-electron chi connectivity index (χ1n) is 7.66. The largest absolute Gasteiger partial charge is 0.383 e. The van der Waals surface area contributed by atoms with Crippen LogP contribution in [0.2, 0.25) is 0 Å².